The van der Waals surface area contributed by atoms with Gasteiger partial charge in [0, 0.05) is 38.0 Å². The van der Waals surface area contributed by atoms with Crippen molar-refractivity contribution in [2.24, 2.45) is 14.1 Å². The van der Waals surface area contributed by atoms with Crippen molar-refractivity contribution in [3.05, 3.63) is 47.5 Å². The van der Waals surface area contributed by atoms with Gasteiger partial charge >= 0.3 is 6.18 Å². The van der Waals surface area contributed by atoms with E-state index in [4.69, 9.17) is 4.74 Å². The number of halogens is 3. The number of carbonyl (C=O) groups excluding carboxylic acids is 1. The molecule has 0 atom stereocenters. The largest absolute Gasteiger partial charge is 0.481 e. The van der Waals surface area contributed by atoms with Crippen molar-refractivity contribution in [1.82, 2.24) is 29.9 Å². The van der Waals surface area contributed by atoms with Crippen LogP contribution in [0.5, 0.6) is 5.88 Å². The van der Waals surface area contributed by atoms with E-state index in [0.29, 0.717) is 24.4 Å². The zero-order chi connectivity index (χ0) is 23.7. The Morgan fingerprint density at radius 1 is 1.12 bits per heavy atom. The van der Waals surface area contributed by atoms with Crippen molar-refractivity contribution in [2.75, 3.05) is 7.11 Å². The molecule has 0 aliphatic heterocycles. The molecule has 32 heavy (non-hydrogen) atoms. The number of pyridine rings is 1. The standard InChI is InChI=1S/C19H19F3N6O2.C2H6/c1-27-13(10-14(26-27)19(20,21)22)17(29)24-18(5-6-18)15-9-12(25-28(15)2)11-4-7-23-16(8-11)30-3;1-2/h4,7-10H,5-6H2,1-3H3,(H,24,29);1-2H3. The minimum Gasteiger partial charge on any atom is -0.481 e. The summed E-state index contributed by atoms with van der Waals surface area (Å²) < 4.78 is 46.4. The van der Waals surface area contributed by atoms with Crippen LogP contribution < -0.4 is 10.1 Å². The third-order valence-corrected chi connectivity index (χ3v) is 5.12. The van der Waals surface area contributed by atoms with Gasteiger partial charge in [-0.2, -0.15) is 23.4 Å². The van der Waals surface area contributed by atoms with Crippen LogP contribution in [0.2, 0.25) is 0 Å². The van der Waals surface area contributed by atoms with E-state index in [9.17, 15) is 18.0 Å². The monoisotopic (exact) mass is 450 g/mol. The summed E-state index contributed by atoms with van der Waals surface area (Å²) >= 11 is 0. The molecule has 0 spiro atoms. The van der Waals surface area contributed by atoms with Gasteiger partial charge in [0.15, 0.2) is 5.69 Å². The molecule has 1 aliphatic carbocycles. The molecule has 0 aromatic carbocycles. The fourth-order valence-corrected chi connectivity index (χ4v) is 3.41. The molecule has 1 saturated carbocycles. The van der Waals surface area contributed by atoms with Crippen LogP contribution in [0.3, 0.4) is 0 Å². The molecule has 0 radical (unpaired) electrons. The Morgan fingerprint density at radius 3 is 2.38 bits per heavy atom. The third kappa shape index (κ3) is 4.46. The van der Waals surface area contributed by atoms with Crippen LogP contribution in [0.25, 0.3) is 11.3 Å². The van der Waals surface area contributed by atoms with Crippen molar-refractivity contribution in [3.63, 3.8) is 0 Å². The summed E-state index contributed by atoms with van der Waals surface area (Å²) in [6, 6.07) is 6.15. The Labute approximate surface area is 183 Å². The number of aromatic nitrogens is 5. The molecule has 0 bridgehead atoms. The van der Waals surface area contributed by atoms with Gasteiger partial charge in [-0.1, -0.05) is 13.8 Å². The molecule has 0 saturated heterocycles. The maximum atomic E-state index is 12.9. The van der Waals surface area contributed by atoms with Crippen LogP contribution >= 0.6 is 0 Å². The molecule has 4 rings (SSSR count). The molecular weight excluding hydrogens is 425 g/mol. The first kappa shape index (κ1) is 23.3. The van der Waals surface area contributed by atoms with Crippen LogP contribution in [-0.4, -0.2) is 37.6 Å². The van der Waals surface area contributed by atoms with Crippen LogP contribution in [-0.2, 0) is 25.8 Å². The molecule has 3 aromatic rings. The van der Waals surface area contributed by atoms with Crippen LogP contribution in [0.15, 0.2) is 30.5 Å². The zero-order valence-electron chi connectivity index (χ0n) is 18.5. The predicted molar refractivity (Wildman–Crippen MR) is 111 cm³/mol. The summed E-state index contributed by atoms with van der Waals surface area (Å²) in [4.78, 5) is 16.8. The molecule has 1 fully saturated rings. The van der Waals surface area contributed by atoms with E-state index in [1.807, 2.05) is 19.9 Å². The molecule has 3 heterocycles. The minimum absolute atomic E-state index is 0.158. The second-order valence-electron chi connectivity index (χ2n) is 7.20. The SMILES string of the molecule is CC.COc1cc(-c2cc(C3(NC(=O)c4cc(C(F)(F)F)nn4C)CC3)n(C)n2)ccn1. The smallest absolute Gasteiger partial charge is 0.435 e. The van der Waals surface area contributed by atoms with E-state index in [2.05, 4.69) is 20.5 Å². The van der Waals surface area contributed by atoms with Crippen molar-refractivity contribution in [3.8, 4) is 17.1 Å². The highest BCUT2D eigenvalue weighted by molar-refractivity contribution is 5.93. The first-order chi connectivity index (χ1) is 15.1. The quantitative estimate of drug-likeness (QED) is 0.641. The maximum Gasteiger partial charge on any atom is 0.435 e. The highest BCUT2D eigenvalue weighted by Gasteiger charge is 2.49. The van der Waals surface area contributed by atoms with Crippen molar-refractivity contribution in [1.29, 1.82) is 0 Å². The molecule has 1 amide bonds. The zero-order valence-corrected chi connectivity index (χ0v) is 18.5. The summed E-state index contributed by atoms with van der Waals surface area (Å²) in [5.41, 5.74) is 0.293. The lowest BCUT2D eigenvalue weighted by Crippen LogP contribution is -2.37. The number of nitrogens with zero attached hydrogens (tertiary/aromatic N) is 5. The number of ether oxygens (including phenoxy) is 1. The normalized spacial score (nSPS) is 14.4. The number of nitrogens with one attached hydrogen (secondary N) is 1. The van der Waals surface area contributed by atoms with Crippen molar-refractivity contribution >= 4 is 5.91 Å². The summed E-state index contributed by atoms with van der Waals surface area (Å²) in [5.74, 6) is -0.169. The van der Waals surface area contributed by atoms with E-state index in [0.717, 1.165) is 22.0 Å². The number of hydrogen-bond donors (Lipinski definition) is 1. The van der Waals surface area contributed by atoms with Crippen LogP contribution in [0.4, 0.5) is 13.2 Å². The average molecular weight is 450 g/mol. The van der Waals surface area contributed by atoms with Crippen LogP contribution in [0, 0.1) is 0 Å². The molecule has 1 aliphatic rings. The van der Waals surface area contributed by atoms with Gasteiger partial charge in [0.2, 0.25) is 5.88 Å². The van der Waals surface area contributed by atoms with Crippen molar-refractivity contribution < 1.29 is 22.7 Å². The van der Waals surface area contributed by atoms with E-state index >= 15 is 0 Å². The first-order valence-electron chi connectivity index (χ1n) is 10.1. The molecule has 3 aromatic heterocycles. The van der Waals surface area contributed by atoms with Gasteiger partial charge in [-0.15, -0.1) is 0 Å². The number of carbonyl (C=O) groups is 1. The number of aryl methyl sites for hydroxylation is 2. The third-order valence-electron chi connectivity index (χ3n) is 5.12. The number of rotatable bonds is 5. The highest BCUT2D eigenvalue weighted by Crippen LogP contribution is 2.46. The van der Waals surface area contributed by atoms with Gasteiger partial charge in [-0.3, -0.25) is 14.2 Å². The molecule has 172 valence electrons. The van der Waals surface area contributed by atoms with E-state index < -0.39 is 23.3 Å². The number of methoxy groups -OCH3 is 1. The second-order valence-corrected chi connectivity index (χ2v) is 7.20. The summed E-state index contributed by atoms with van der Waals surface area (Å²) in [6.45, 7) is 4.00. The Morgan fingerprint density at radius 2 is 1.81 bits per heavy atom. The van der Waals surface area contributed by atoms with Crippen LogP contribution in [0.1, 0.15) is 48.6 Å². The molecule has 1 N–H and O–H groups in total. The number of amides is 1. The summed E-state index contributed by atoms with van der Waals surface area (Å²) in [6.07, 6.45) is -1.70. The van der Waals surface area contributed by atoms with E-state index in [-0.39, 0.29) is 5.69 Å². The van der Waals surface area contributed by atoms with Gasteiger partial charge in [0.1, 0.15) is 5.69 Å². The van der Waals surface area contributed by atoms with Gasteiger partial charge in [0.25, 0.3) is 5.91 Å². The topological polar surface area (TPSA) is 86.9 Å². The fraction of sp³-hybridized carbons (Fsp3) is 0.429. The Kier molecular flexibility index (Phi) is 6.29. The Hall–Kier alpha value is -3.37. The van der Waals surface area contributed by atoms with Gasteiger partial charge in [-0.05, 0) is 25.0 Å². The first-order valence-corrected chi connectivity index (χ1v) is 10.1. The molecular formula is C21H25F3N6O2. The lowest BCUT2D eigenvalue weighted by molar-refractivity contribution is -0.141. The summed E-state index contributed by atoms with van der Waals surface area (Å²) in [7, 11) is 4.59. The maximum absolute atomic E-state index is 12.9. The lowest BCUT2D eigenvalue weighted by Gasteiger charge is -2.17. The number of alkyl halides is 3. The Bertz CT molecular complexity index is 1120. The number of hydrogen-bond acceptors (Lipinski definition) is 5. The Balaban J connectivity index is 0.00000141. The van der Waals surface area contributed by atoms with E-state index in [1.54, 1.807) is 30.1 Å². The lowest BCUT2D eigenvalue weighted by atomic mass is 10.1. The van der Waals surface area contributed by atoms with Crippen molar-refractivity contribution in [2.45, 2.75) is 38.4 Å². The molecule has 0 unspecified atom stereocenters. The predicted octanol–water partition coefficient (Wildman–Crippen LogP) is 3.69. The minimum atomic E-state index is -4.61. The summed E-state index contributed by atoms with van der Waals surface area (Å²) in [5, 5.41) is 10.8. The fourth-order valence-electron chi connectivity index (χ4n) is 3.41. The van der Waals surface area contributed by atoms with Gasteiger partial charge in [-0.25, -0.2) is 4.98 Å². The molecule has 8 nitrogen and oxygen atoms in total. The van der Waals surface area contributed by atoms with Gasteiger partial charge < -0.3 is 10.1 Å². The molecule has 11 heteroatoms. The average Bonchev–Trinajstić information content (AvgIpc) is 3.23. The second kappa shape index (κ2) is 8.64. The van der Waals surface area contributed by atoms with Gasteiger partial charge in [0.05, 0.1) is 24.0 Å². The van der Waals surface area contributed by atoms with E-state index in [1.165, 1.54) is 14.2 Å². The highest BCUT2D eigenvalue weighted by atomic mass is 19.4.